The second-order valence-corrected chi connectivity index (χ2v) is 4.98. The summed E-state index contributed by atoms with van der Waals surface area (Å²) in [5.74, 6) is -0.359. The predicted octanol–water partition coefficient (Wildman–Crippen LogP) is 1.52. The molecular formula is C14H19N3O3. The van der Waals surface area contributed by atoms with Gasteiger partial charge in [-0.2, -0.15) is 0 Å². The number of rotatable bonds is 4. The predicted molar refractivity (Wildman–Crippen MR) is 74.8 cm³/mol. The monoisotopic (exact) mass is 277 g/mol. The van der Waals surface area contributed by atoms with Crippen LogP contribution in [0.4, 0.5) is 0 Å². The van der Waals surface area contributed by atoms with E-state index in [1.807, 2.05) is 0 Å². The van der Waals surface area contributed by atoms with E-state index in [-0.39, 0.29) is 35.6 Å². The fourth-order valence-electron chi connectivity index (χ4n) is 2.60. The highest BCUT2D eigenvalue weighted by atomic mass is 16.4. The largest absolute Gasteiger partial charge is 0.507 e. The average molecular weight is 277 g/mol. The molecule has 1 aromatic rings. The Labute approximate surface area is 117 Å². The Hall–Kier alpha value is -2.24. The maximum absolute atomic E-state index is 12.6. The van der Waals surface area contributed by atoms with Crippen molar-refractivity contribution in [1.29, 1.82) is 0 Å². The molecule has 0 unspecified atom stereocenters. The van der Waals surface area contributed by atoms with E-state index in [2.05, 4.69) is 5.16 Å². The Morgan fingerprint density at radius 2 is 2.00 bits per heavy atom. The third-order valence-corrected chi connectivity index (χ3v) is 3.62. The molecule has 6 nitrogen and oxygen atoms in total. The van der Waals surface area contributed by atoms with E-state index in [4.69, 9.17) is 10.9 Å². The molecule has 20 heavy (non-hydrogen) atoms. The number of oxime groups is 1. The van der Waals surface area contributed by atoms with Gasteiger partial charge in [-0.15, -0.1) is 0 Å². The maximum Gasteiger partial charge on any atom is 0.258 e. The molecule has 0 bridgehead atoms. The number of carbonyl (C=O) groups is 1. The quantitative estimate of drug-likeness (QED) is 0.336. The van der Waals surface area contributed by atoms with Crippen LogP contribution in [-0.2, 0) is 0 Å². The number of benzene rings is 1. The van der Waals surface area contributed by atoms with Gasteiger partial charge in [-0.05, 0) is 25.0 Å². The number of nitrogens with zero attached hydrogens (tertiary/aromatic N) is 2. The van der Waals surface area contributed by atoms with E-state index in [1.54, 1.807) is 23.1 Å². The molecule has 4 N–H and O–H groups in total. The Morgan fingerprint density at radius 1 is 1.35 bits per heavy atom. The van der Waals surface area contributed by atoms with E-state index in [1.165, 1.54) is 6.07 Å². The van der Waals surface area contributed by atoms with Crippen LogP contribution >= 0.6 is 0 Å². The first-order valence-corrected chi connectivity index (χ1v) is 6.69. The topological polar surface area (TPSA) is 99.2 Å². The fourth-order valence-corrected chi connectivity index (χ4v) is 2.60. The van der Waals surface area contributed by atoms with Crippen molar-refractivity contribution >= 4 is 11.7 Å². The molecule has 1 aliphatic carbocycles. The standard InChI is InChI=1S/C14H19N3O3/c15-13(16-20)9-17(10-5-1-2-6-10)14(19)11-7-3-4-8-12(11)18/h3-4,7-8,10,18,20H,1-2,5-6,9H2,(H2,15,16). The van der Waals surface area contributed by atoms with Gasteiger partial charge in [0.25, 0.3) is 5.91 Å². The molecular weight excluding hydrogens is 258 g/mol. The van der Waals surface area contributed by atoms with Gasteiger partial charge >= 0.3 is 0 Å². The summed E-state index contributed by atoms with van der Waals surface area (Å²) in [6.45, 7) is 0.0638. The van der Waals surface area contributed by atoms with E-state index in [0.29, 0.717) is 0 Å². The van der Waals surface area contributed by atoms with Crippen molar-refractivity contribution in [3.05, 3.63) is 29.8 Å². The lowest BCUT2D eigenvalue weighted by atomic mass is 10.1. The molecule has 2 rings (SSSR count). The average Bonchev–Trinajstić information content (AvgIpc) is 2.98. The summed E-state index contributed by atoms with van der Waals surface area (Å²) in [5.41, 5.74) is 5.78. The minimum atomic E-state index is -0.290. The van der Waals surface area contributed by atoms with E-state index in [9.17, 15) is 9.90 Å². The number of amidine groups is 1. The van der Waals surface area contributed by atoms with Crippen LogP contribution in [0.3, 0.4) is 0 Å². The number of phenols is 1. The smallest absolute Gasteiger partial charge is 0.258 e. The van der Waals surface area contributed by atoms with Crippen LogP contribution < -0.4 is 5.73 Å². The molecule has 0 heterocycles. The zero-order valence-corrected chi connectivity index (χ0v) is 11.2. The van der Waals surface area contributed by atoms with Gasteiger partial charge in [0.1, 0.15) is 5.75 Å². The number of carbonyl (C=O) groups excluding carboxylic acids is 1. The summed E-state index contributed by atoms with van der Waals surface area (Å²) in [4.78, 5) is 14.2. The van der Waals surface area contributed by atoms with Gasteiger partial charge in [-0.25, -0.2) is 0 Å². The van der Waals surface area contributed by atoms with Crippen molar-refractivity contribution in [2.24, 2.45) is 10.9 Å². The van der Waals surface area contributed by atoms with Gasteiger partial charge in [0.15, 0.2) is 5.84 Å². The number of aromatic hydroxyl groups is 1. The first-order valence-electron chi connectivity index (χ1n) is 6.69. The summed E-state index contributed by atoms with van der Waals surface area (Å²) in [5, 5.41) is 21.5. The molecule has 0 aliphatic heterocycles. The van der Waals surface area contributed by atoms with E-state index >= 15 is 0 Å². The van der Waals surface area contributed by atoms with Gasteiger partial charge < -0.3 is 20.9 Å². The van der Waals surface area contributed by atoms with Crippen LogP contribution in [0.25, 0.3) is 0 Å². The summed E-state index contributed by atoms with van der Waals surface area (Å²) in [7, 11) is 0. The first-order chi connectivity index (χ1) is 9.63. The lowest BCUT2D eigenvalue weighted by Crippen LogP contribution is -2.44. The highest BCUT2D eigenvalue weighted by Crippen LogP contribution is 2.26. The fraction of sp³-hybridized carbons (Fsp3) is 0.429. The molecule has 1 fully saturated rings. The highest BCUT2D eigenvalue weighted by Gasteiger charge is 2.29. The molecule has 0 atom stereocenters. The Bertz CT molecular complexity index is 510. The molecule has 0 aromatic heterocycles. The van der Waals surface area contributed by atoms with Gasteiger partial charge in [-0.1, -0.05) is 30.1 Å². The van der Waals surface area contributed by atoms with Crippen molar-refractivity contribution in [2.75, 3.05) is 6.54 Å². The summed E-state index contributed by atoms with van der Waals surface area (Å²) < 4.78 is 0. The van der Waals surface area contributed by atoms with Crippen LogP contribution in [0, 0.1) is 0 Å². The van der Waals surface area contributed by atoms with Crippen LogP contribution in [0.5, 0.6) is 5.75 Å². The SMILES string of the molecule is NC(CN(C(=O)c1ccccc1O)C1CCCC1)=NO. The van der Waals surface area contributed by atoms with Crippen molar-refractivity contribution in [1.82, 2.24) is 4.90 Å². The zero-order chi connectivity index (χ0) is 14.5. The first kappa shape index (κ1) is 14.2. The molecule has 108 valence electrons. The minimum Gasteiger partial charge on any atom is -0.507 e. The lowest BCUT2D eigenvalue weighted by Gasteiger charge is -2.28. The van der Waals surface area contributed by atoms with E-state index < -0.39 is 0 Å². The summed E-state index contributed by atoms with van der Waals surface area (Å²) >= 11 is 0. The third-order valence-electron chi connectivity index (χ3n) is 3.62. The second kappa shape index (κ2) is 6.27. The van der Waals surface area contributed by atoms with Crippen LogP contribution in [0.15, 0.2) is 29.4 Å². The zero-order valence-electron chi connectivity index (χ0n) is 11.2. The molecule has 1 aliphatic rings. The van der Waals surface area contributed by atoms with E-state index in [0.717, 1.165) is 25.7 Å². The molecule has 0 spiro atoms. The molecule has 0 saturated heterocycles. The Kier molecular flexibility index (Phi) is 4.45. The number of hydrogen-bond acceptors (Lipinski definition) is 4. The number of phenolic OH excluding ortho intramolecular Hbond substituents is 1. The van der Waals surface area contributed by atoms with Gasteiger partial charge in [0, 0.05) is 6.04 Å². The lowest BCUT2D eigenvalue weighted by molar-refractivity contribution is 0.0709. The normalized spacial score (nSPS) is 16.3. The Morgan fingerprint density at radius 3 is 2.60 bits per heavy atom. The number of nitrogens with two attached hydrogens (primary N) is 1. The molecule has 1 saturated carbocycles. The number of para-hydroxylation sites is 1. The van der Waals surface area contributed by atoms with Gasteiger partial charge in [0.2, 0.25) is 0 Å². The van der Waals surface area contributed by atoms with Gasteiger partial charge in [0.05, 0.1) is 12.1 Å². The maximum atomic E-state index is 12.6. The van der Waals surface area contributed by atoms with Crippen molar-refractivity contribution < 1.29 is 15.1 Å². The Balaban J connectivity index is 2.25. The molecule has 1 aromatic carbocycles. The number of hydrogen-bond donors (Lipinski definition) is 3. The third kappa shape index (κ3) is 3.01. The number of amides is 1. The van der Waals surface area contributed by atoms with Crippen molar-refractivity contribution in [3.63, 3.8) is 0 Å². The second-order valence-electron chi connectivity index (χ2n) is 4.98. The van der Waals surface area contributed by atoms with Crippen LogP contribution in [0.2, 0.25) is 0 Å². The van der Waals surface area contributed by atoms with Crippen LogP contribution in [-0.4, -0.2) is 39.5 Å². The molecule has 0 radical (unpaired) electrons. The van der Waals surface area contributed by atoms with Gasteiger partial charge in [-0.3, -0.25) is 4.79 Å². The van der Waals surface area contributed by atoms with Crippen molar-refractivity contribution in [3.8, 4) is 5.75 Å². The summed E-state index contributed by atoms with van der Waals surface area (Å²) in [6, 6.07) is 6.48. The molecule has 1 amide bonds. The minimum absolute atomic E-state index is 0.0133. The summed E-state index contributed by atoms with van der Waals surface area (Å²) in [6.07, 6.45) is 3.92. The highest BCUT2D eigenvalue weighted by molar-refractivity contribution is 5.99. The van der Waals surface area contributed by atoms with Crippen molar-refractivity contribution in [2.45, 2.75) is 31.7 Å². The molecule has 6 heteroatoms. The van der Waals surface area contributed by atoms with Crippen LogP contribution in [0.1, 0.15) is 36.0 Å².